The van der Waals surface area contributed by atoms with E-state index in [1.54, 1.807) is 6.07 Å². The molecule has 0 aliphatic rings. The smallest absolute Gasteiger partial charge is 0.226 e. The van der Waals surface area contributed by atoms with Crippen LogP contribution in [0.4, 0.5) is 20.2 Å². The highest BCUT2D eigenvalue weighted by Crippen LogP contribution is 2.30. The molecule has 128 valence electrons. The third kappa shape index (κ3) is 4.58. The molecular formula is C17H17ClF2N2O2. The number of rotatable bonds is 6. The zero-order valence-electron chi connectivity index (χ0n) is 13.3. The normalized spacial score (nSPS) is 10.4. The van der Waals surface area contributed by atoms with E-state index in [1.807, 2.05) is 13.0 Å². The van der Waals surface area contributed by atoms with E-state index >= 15 is 0 Å². The molecule has 0 bridgehead atoms. The molecule has 1 amide bonds. The van der Waals surface area contributed by atoms with Gasteiger partial charge in [0.25, 0.3) is 0 Å². The molecule has 0 fully saturated rings. The second-order valence-electron chi connectivity index (χ2n) is 5.16. The van der Waals surface area contributed by atoms with Crippen molar-refractivity contribution < 1.29 is 18.3 Å². The van der Waals surface area contributed by atoms with E-state index in [9.17, 15) is 13.6 Å². The molecule has 0 aliphatic carbocycles. The summed E-state index contributed by atoms with van der Waals surface area (Å²) in [7, 11) is 1.53. The predicted octanol–water partition coefficient (Wildman–Crippen LogP) is 4.38. The van der Waals surface area contributed by atoms with Crippen molar-refractivity contribution in [2.24, 2.45) is 0 Å². The number of hydrogen-bond donors (Lipinski definition) is 2. The summed E-state index contributed by atoms with van der Waals surface area (Å²) in [4.78, 5) is 11.9. The summed E-state index contributed by atoms with van der Waals surface area (Å²) in [6, 6.07) is 6.72. The fraction of sp³-hybridized carbons (Fsp3) is 0.235. The molecule has 0 radical (unpaired) electrons. The number of methoxy groups -OCH3 is 1. The Balaban J connectivity index is 1.91. The molecule has 2 aromatic carbocycles. The summed E-state index contributed by atoms with van der Waals surface area (Å²) in [6.45, 7) is 2.20. The number of benzene rings is 2. The topological polar surface area (TPSA) is 50.4 Å². The van der Waals surface area contributed by atoms with Gasteiger partial charge in [0.1, 0.15) is 5.75 Å². The van der Waals surface area contributed by atoms with Crippen LogP contribution in [0, 0.1) is 18.6 Å². The van der Waals surface area contributed by atoms with E-state index in [1.165, 1.54) is 13.2 Å². The Bertz CT molecular complexity index is 754. The second-order valence-corrected chi connectivity index (χ2v) is 5.56. The Hall–Kier alpha value is -2.34. The first-order valence-electron chi connectivity index (χ1n) is 7.23. The van der Waals surface area contributed by atoms with Crippen LogP contribution >= 0.6 is 11.6 Å². The van der Waals surface area contributed by atoms with Crippen molar-refractivity contribution in [2.75, 3.05) is 24.3 Å². The van der Waals surface area contributed by atoms with Crippen molar-refractivity contribution in [3.05, 3.63) is 52.6 Å². The van der Waals surface area contributed by atoms with Crippen molar-refractivity contribution in [3.8, 4) is 5.75 Å². The van der Waals surface area contributed by atoms with Gasteiger partial charge in [-0.3, -0.25) is 4.79 Å². The maximum Gasteiger partial charge on any atom is 0.226 e. The lowest BCUT2D eigenvalue weighted by Crippen LogP contribution is -2.16. The van der Waals surface area contributed by atoms with Crippen molar-refractivity contribution in [2.45, 2.75) is 13.3 Å². The molecule has 2 rings (SSSR count). The van der Waals surface area contributed by atoms with Gasteiger partial charge in [-0.2, -0.15) is 0 Å². The van der Waals surface area contributed by atoms with Gasteiger partial charge in [-0.25, -0.2) is 8.78 Å². The minimum absolute atomic E-state index is 0.143. The number of aryl methyl sites for hydroxylation is 1. The molecule has 2 aromatic rings. The third-order valence-electron chi connectivity index (χ3n) is 3.35. The van der Waals surface area contributed by atoms with E-state index in [-0.39, 0.29) is 18.0 Å². The monoisotopic (exact) mass is 354 g/mol. The Kier molecular flexibility index (Phi) is 5.98. The first kappa shape index (κ1) is 18.0. The maximum atomic E-state index is 13.1. The van der Waals surface area contributed by atoms with Gasteiger partial charge < -0.3 is 15.4 Å². The summed E-state index contributed by atoms with van der Waals surface area (Å²) in [5.41, 5.74) is 1.81. The lowest BCUT2D eigenvalue weighted by molar-refractivity contribution is -0.115. The van der Waals surface area contributed by atoms with E-state index < -0.39 is 11.6 Å². The fourth-order valence-corrected chi connectivity index (χ4v) is 2.23. The van der Waals surface area contributed by atoms with Gasteiger partial charge in [-0.1, -0.05) is 11.6 Å². The van der Waals surface area contributed by atoms with Crippen molar-refractivity contribution in [1.29, 1.82) is 0 Å². The SMILES string of the molecule is COc1cc(Cl)c(C)cc1NCCC(=O)Nc1ccc(F)c(F)c1. The number of ether oxygens (including phenoxy) is 1. The van der Waals surface area contributed by atoms with Crippen LogP contribution < -0.4 is 15.4 Å². The van der Waals surface area contributed by atoms with E-state index in [4.69, 9.17) is 16.3 Å². The van der Waals surface area contributed by atoms with E-state index in [0.29, 0.717) is 17.3 Å². The number of nitrogens with one attached hydrogen (secondary N) is 2. The average molecular weight is 355 g/mol. The molecule has 0 atom stereocenters. The summed E-state index contributed by atoms with van der Waals surface area (Å²) in [6.07, 6.45) is 0.143. The van der Waals surface area contributed by atoms with Crippen LogP contribution in [-0.2, 0) is 4.79 Å². The number of carbonyl (C=O) groups is 1. The van der Waals surface area contributed by atoms with Crippen LogP contribution in [0.1, 0.15) is 12.0 Å². The van der Waals surface area contributed by atoms with Gasteiger partial charge in [-0.15, -0.1) is 0 Å². The number of hydrogen-bond acceptors (Lipinski definition) is 3. The Morgan fingerprint density at radius 3 is 2.62 bits per heavy atom. The van der Waals surface area contributed by atoms with Crippen molar-refractivity contribution in [3.63, 3.8) is 0 Å². The lowest BCUT2D eigenvalue weighted by atomic mass is 10.2. The molecule has 0 saturated carbocycles. The maximum absolute atomic E-state index is 13.1. The minimum atomic E-state index is -1.01. The standard InChI is InChI=1S/C17H17ClF2N2O2/c1-10-7-15(16(24-2)9-12(10)18)21-6-5-17(23)22-11-3-4-13(19)14(20)8-11/h3-4,7-9,21H,5-6H2,1-2H3,(H,22,23). The molecule has 7 heteroatoms. The fourth-order valence-electron chi connectivity index (χ4n) is 2.08. The van der Waals surface area contributed by atoms with Gasteiger partial charge in [0.05, 0.1) is 12.8 Å². The molecule has 0 heterocycles. The molecular weight excluding hydrogens is 338 g/mol. The minimum Gasteiger partial charge on any atom is -0.495 e. The number of anilines is 2. The van der Waals surface area contributed by atoms with E-state index in [2.05, 4.69) is 10.6 Å². The molecule has 0 unspecified atom stereocenters. The largest absolute Gasteiger partial charge is 0.495 e. The first-order chi connectivity index (χ1) is 11.4. The molecule has 24 heavy (non-hydrogen) atoms. The van der Waals surface area contributed by atoms with Crippen LogP contribution in [0.25, 0.3) is 0 Å². The van der Waals surface area contributed by atoms with Crippen LogP contribution in [0.3, 0.4) is 0 Å². The summed E-state index contributed by atoms with van der Waals surface area (Å²) >= 11 is 6.03. The Labute approximate surface area is 143 Å². The van der Waals surface area contributed by atoms with Crippen molar-refractivity contribution >= 4 is 28.9 Å². The molecule has 0 saturated heterocycles. The van der Waals surface area contributed by atoms with Crippen LogP contribution in [0.2, 0.25) is 5.02 Å². The lowest BCUT2D eigenvalue weighted by Gasteiger charge is -2.13. The highest BCUT2D eigenvalue weighted by Gasteiger charge is 2.09. The summed E-state index contributed by atoms with van der Waals surface area (Å²) < 4.78 is 31.2. The predicted molar refractivity (Wildman–Crippen MR) is 90.8 cm³/mol. The Morgan fingerprint density at radius 1 is 1.21 bits per heavy atom. The van der Waals surface area contributed by atoms with Gasteiger partial charge in [0.15, 0.2) is 11.6 Å². The zero-order chi connectivity index (χ0) is 17.7. The third-order valence-corrected chi connectivity index (χ3v) is 3.76. The quantitative estimate of drug-likeness (QED) is 0.809. The zero-order valence-corrected chi connectivity index (χ0v) is 14.0. The highest BCUT2D eigenvalue weighted by atomic mass is 35.5. The van der Waals surface area contributed by atoms with Gasteiger partial charge in [0, 0.05) is 35.8 Å². The van der Waals surface area contributed by atoms with Gasteiger partial charge in [0.2, 0.25) is 5.91 Å². The first-order valence-corrected chi connectivity index (χ1v) is 7.61. The van der Waals surface area contributed by atoms with Crippen molar-refractivity contribution in [1.82, 2.24) is 0 Å². The van der Waals surface area contributed by atoms with Crippen LogP contribution in [-0.4, -0.2) is 19.6 Å². The number of halogens is 3. The molecule has 0 aliphatic heterocycles. The Morgan fingerprint density at radius 2 is 1.96 bits per heavy atom. The molecule has 2 N–H and O–H groups in total. The second kappa shape index (κ2) is 7.97. The summed E-state index contributed by atoms with van der Waals surface area (Å²) in [5, 5.41) is 6.19. The average Bonchev–Trinajstić information content (AvgIpc) is 2.54. The number of amides is 1. The molecule has 0 aromatic heterocycles. The van der Waals surface area contributed by atoms with E-state index in [0.717, 1.165) is 23.4 Å². The van der Waals surface area contributed by atoms with Gasteiger partial charge >= 0.3 is 0 Å². The highest BCUT2D eigenvalue weighted by molar-refractivity contribution is 6.31. The van der Waals surface area contributed by atoms with Crippen LogP contribution in [0.5, 0.6) is 5.75 Å². The number of carbonyl (C=O) groups excluding carboxylic acids is 1. The van der Waals surface area contributed by atoms with Crippen LogP contribution in [0.15, 0.2) is 30.3 Å². The molecule has 4 nitrogen and oxygen atoms in total. The van der Waals surface area contributed by atoms with Gasteiger partial charge in [-0.05, 0) is 30.7 Å². The molecule has 0 spiro atoms. The summed E-state index contributed by atoms with van der Waals surface area (Å²) in [5.74, 6) is -1.71.